The van der Waals surface area contributed by atoms with Gasteiger partial charge in [0.25, 0.3) is 0 Å². The zero-order chi connectivity index (χ0) is 16.1. The summed E-state index contributed by atoms with van der Waals surface area (Å²) in [4.78, 5) is 19.5. The van der Waals surface area contributed by atoms with Crippen LogP contribution in [-0.4, -0.2) is 39.6 Å². The number of piperidine rings is 1. The number of aromatic nitrogens is 1. The van der Waals surface area contributed by atoms with Gasteiger partial charge < -0.3 is 10.0 Å². The number of aliphatic hydroxyl groups is 1. The van der Waals surface area contributed by atoms with E-state index in [0.29, 0.717) is 11.9 Å². The van der Waals surface area contributed by atoms with E-state index in [2.05, 4.69) is 16.0 Å². The molecule has 1 amide bonds. The molecule has 126 valence electrons. The summed E-state index contributed by atoms with van der Waals surface area (Å²) in [6.45, 7) is 0.908. The fraction of sp³-hybridized carbons (Fsp3) is 0.684. The van der Waals surface area contributed by atoms with Crippen molar-refractivity contribution >= 4 is 5.91 Å². The summed E-state index contributed by atoms with van der Waals surface area (Å²) < 4.78 is 0. The molecule has 0 bridgehead atoms. The lowest BCUT2D eigenvalue weighted by Crippen LogP contribution is -2.47. The second-order valence-corrected chi connectivity index (χ2v) is 7.05. The van der Waals surface area contributed by atoms with Crippen LogP contribution in [0.5, 0.6) is 0 Å². The molecule has 1 unspecified atom stereocenters. The zero-order valence-electron chi connectivity index (χ0n) is 13.9. The molecule has 1 saturated heterocycles. The van der Waals surface area contributed by atoms with Gasteiger partial charge in [0, 0.05) is 30.4 Å². The minimum absolute atomic E-state index is 0.133. The highest BCUT2D eigenvalue weighted by molar-refractivity contribution is 5.79. The van der Waals surface area contributed by atoms with E-state index < -0.39 is 0 Å². The minimum Gasteiger partial charge on any atom is -0.393 e. The number of pyridine rings is 1. The first-order valence-corrected chi connectivity index (χ1v) is 9.12. The Morgan fingerprint density at radius 2 is 2.00 bits per heavy atom. The summed E-state index contributed by atoms with van der Waals surface area (Å²) in [7, 11) is 0. The van der Waals surface area contributed by atoms with Crippen LogP contribution >= 0.6 is 0 Å². The molecule has 4 heteroatoms. The average Bonchev–Trinajstić information content (AvgIpc) is 2.61. The normalized spacial score (nSPS) is 28.6. The molecule has 2 heterocycles. The molecule has 2 fully saturated rings. The number of aliphatic hydroxyl groups excluding tert-OH is 1. The molecular weight excluding hydrogens is 288 g/mol. The van der Waals surface area contributed by atoms with Crippen LogP contribution in [-0.2, 0) is 11.2 Å². The summed E-state index contributed by atoms with van der Waals surface area (Å²) in [6.07, 6.45) is 10.3. The molecule has 0 radical (unpaired) electrons. The number of carbonyl (C=O) groups is 1. The van der Waals surface area contributed by atoms with E-state index in [9.17, 15) is 9.90 Å². The maximum absolute atomic E-state index is 12.9. The lowest BCUT2D eigenvalue weighted by Gasteiger charge is -2.39. The van der Waals surface area contributed by atoms with Crippen LogP contribution in [0, 0.1) is 5.92 Å². The van der Waals surface area contributed by atoms with Crippen LogP contribution in [0.2, 0.25) is 0 Å². The van der Waals surface area contributed by atoms with E-state index in [1.54, 1.807) is 0 Å². The predicted octanol–water partition coefficient (Wildman–Crippen LogP) is 2.95. The molecule has 1 N–H and O–H groups in total. The van der Waals surface area contributed by atoms with Crippen LogP contribution in [0.4, 0.5) is 0 Å². The van der Waals surface area contributed by atoms with Crippen LogP contribution in [0.25, 0.3) is 0 Å². The third-order valence-electron chi connectivity index (χ3n) is 5.42. The Kier molecular flexibility index (Phi) is 5.65. The molecule has 1 aliphatic heterocycles. The Labute approximate surface area is 138 Å². The van der Waals surface area contributed by atoms with Crippen molar-refractivity contribution in [3.05, 3.63) is 30.1 Å². The van der Waals surface area contributed by atoms with E-state index >= 15 is 0 Å². The van der Waals surface area contributed by atoms with Crippen molar-refractivity contribution in [2.24, 2.45) is 5.92 Å². The van der Waals surface area contributed by atoms with Crippen LogP contribution in [0.15, 0.2) is 24.4 Å². The van der Waals surface area contributed by atoms with Gasteiger partial charge in [0.05, 0.1) is 6.10 Å². The molecule has 1 aromatic rings. The maximum atomic E-state index is 12.9. The monoisotopic (exact) mass is 316 g/mol. The van der Waals surface area contributed by atoms with Crippen molar-refractivity contribution < 1.29 is 9.90 Å². The number of carbonyl (C=O) groups excluding carboxylic acids is 1. The van der Waals surface area contributed by atoms with E-state index in [0.717, 1.165) is 63.6 Å². The molecule has 0 spiro atoms. The van der Waals surface area contributed by atoms with Crippen molar-refractivity contribution in [3.63, 3.8) is 0 Å². The number of hydrogen-bond acceptors (Lipinski definition) is 3. The number of aryl methyl sites for hydroxylation is 1. The molecular formula is C19H28N2O2. The van der Waals surface area contributed by atoms with Crippen molar-refractivity contribution in [2.75, 3.05) is 6.54 Å². The molecule has 1 aromatic heterocycles. The second-order valence-electron chi connectivity index (χ2n) is 7.05. The second kappa shape index (κ2) is 7.91. The van der Waals surface area contributed by atoms with E-state index in [-0.39, 0.29) is 12.0 Å². The van der Waals surface area contributed by atoms with E-state index in [1.165, 1.54) is 6.42 Å². The minimum atomic E-state index is -0.194. The highest BCUT2D eigenvalue weighted by atomic mass is 16.3. The number of amides is 1. The van der Waals surface area contributed by atoms with E-state index in [1.807, 2.05) is 18.3 Å². The molecule has 1 aliphatic carbocycles. The Morgan fingerprint density at radius 1 is 1.17 bits per heavy atom. The quantitative estimate of drug-likeness (QED) is 0.929. The topological polar surface area (TPSA) is 53.4 Å². The smallest absolute Gasteiger partial charge is 0.225 e. The summed E-state index contributed by atoms with van der Waals surface area (Å²) in [5, 5.41) is 9.65. The van der Waals surface area contributed by atoms with Gasteiger partial charge in [0.1, 0.15) is 0 Å². The SMILES string of the molecule is O=C(C1CCC(O)CC1)N1CCCCC1CCc1ccccn1. The van der Waals surface area contributed by atoms with Crippen molar-refractivity contribution in [1.29, 1.82) is 0 Å². The van der Waals surface area contributed by atoms with Gasteiger partial charge in [-0.15, -0.1) is 0 Å². The summed E-state index contributed by atoms with van der Waals surface area (Å²) >= 11 is 0. The van der Waals surface area contributed by atoms with Gasteiger partial charge in [-0.2, -0.15) is 0 Å². The predicted molar refractivity (Wildman–Crippen MR) is 89.9 cm³/mol. The lowest BCUT2D eigenvalue weighted by molar-refractivity contribution is -0.141. The number of rotatable bonds is 4. The maximum Gasteiger partial charge on any atom is 0.225 e. The first-order chi connectivity index (χ1) is 11.2. The Balaban J connectivity index is 1.58. The van der Waals surface area contributed by atoms with Gasteiger partial charge in [-0.25, -0.2) is 0 Å². The molecule has 1 saturated carbocycles. The third kappa shape index (κ3) is 4.31. The average molecular weight is 316 g/mol. The zero-order valence-corrected chi connectivity index (χ0v) is 13.9. The van der Waals surface area contributed by atoms with Gasteiger partial charge in [-0.05, 0) is 69.9 Å². The number of likely N-dealkylation sites (tertiary alicyclic amines) is 1. The summed E-state index contributed by atoms with van der Waals surface area (Å²) in [5.41, 5.74) is 1.12. The van der Waals surface area contributed by atoms with Gasteiger partial charge in [-0.1, -0.05) is 6.07 Å². The van der Waals surface area contributed by atoms with Crippen molar-refractivity contribution in [2.45, 2.75) is 69.9 Å². The first-order valence-electron chi connectivity index (χ1n) is 9.12. The molecule has 2 aliphatic rings. The summed E-state index contributed by atoms with van der Waals surface area (Å²) in [5.74, 6) is 0.469. The van der Waals surface area contributed by atoms with Gasteiger partial charge in [0.15, 0.2) is 0 Å². The van der Waals surface area contributed by atoms with Crippen LogP contribution < -0.4 is 0 Å². The lowest BCUT2D eigenvalue weighted by atomic mass is 9.85. The van der Waals surface area contributed by atoms with Crippen LogP contribution in [0.3, 0.4) is 0 Å². The summed E-state index contributed by atoms with van der Waals surface area (Å²) in [6, 6.07) is 6.40. The molecule has 0 aromatic carbocycles. The highest BCUT2D eigenvalue weighted by Crippen LogP contribution is 2.29. The van der Waals surface area contributed by atoms with Gasteiger partial charge in [0.2, 0.25) is 5.91 Å². The molecule has 1 atom stereocenters. The van der Waals surface area contributed by atoms with Crippen molar-refractivity contribution in [3.8, 4) is 0 Å². The van der Waals surface area contributed by atoms with Crippen molar-refractivity contribution in [1.82, 2.24) is 9.88 Å². The number of nitrogens with zero attached hydrogens (tertiary/aromatic N) is 2. The van der Waals surface area contributed by atoms with Gasteiger partial charge in [-0.3, -0.25) is 9.78 Å². The highest BCUT2D eigenvalue weighted by Gasteiger charge is 2.33. The molecule has 23 heavy (non-hydrogen) atoms. The Bertz CT molecular complexity index is 497. The standard InChI is InChI=1S/C19H28N2O2/c22-18-11-7-15(8-12-18)19(23)21-14-4-2-6-17(21)10-9-16-5-1-3-13-20-16/h1,3,5,13,15,17-18,22H,2,4,6-12,14H2. The fourth-order valence-electron chi connectivity index (χ4n) is 4.01. The Hall–Kier alpha value is -1.42. The first kappa shape index (κ1) is 16.4. The Morgan fingerprint density at radius 3 is 2.74 bits per heavy atom. The van der Waals surface area contributed by atoms with Crippen LogP contribution in [0.1, 0.15) is 57.1 Å². The number of hydrogen-bond donors (Lipinski definition) is 1. The van der Waals surface area contributed by atoms with E-state index in [4.69, 9.17) is 0 Å². The molecule has 3 rings (SSSR count). The molecule has 4 nitrogen and oxygen atoms in total. The van der Waals surface area contributed by atoms with Gasteiger partial charge >= 0.3 is 0 Å². The largest absolute Gasteiger partial charge is 0.393 e. The fourth-order valence-corrected chi connectivity index (χ4v) is 4.01. The third-order valence-corrected chi connectivity index (χ3v) is 5.42.